The summed E-state index contributed by atoms with van der Waals surface area (Å²) < 4.78 is 18.1. The van der Waals surface area contributed by atoms with Gasteiger partial charge in [0.1, 0.15) is 18.2 Å². The van der Waals surface area contributed by atoms with Crippen molar-refractivity contribution in [1.29, 1.82) is 0 Å². The standard InChI is InChI=1S/C9H12FNO2.C2H6/c1-6-8(10)5-9(7(2)11-6)13-4-3-12;1-2/h5,12H,3-4H2,1-2H3;1-2H3. The summed E-state index contributed by atoms with van der Waals surface area (Å²) in [6.45, 7) is 7.40. The van der Waals surface area contributed by atoms with Crippen LogP contribution in [0.1, 0.15) is 25.2 Å². The van der Waals surface area contributed by atoms with E-state index in [4.69, 9.17) is 9.84 Å². The maximum absolute atomic E-state index is 13.0. The van der Waals surface area contributed by atoms with Gasteiger partial charge in [-0.1, -0.05) is 13.8 Å². The van der Waals surface area contributed by atoms with Gasteiger partial charge in [-0.15, -0.1) is 0 Å². The highest BCUT2D eigenvalue weighted by atomic mass is 19.1. The van der Waals surface area contributed by atoms with Crippen molar-refractivity contribution in [2.24, 2.45) is 0 Å². The van der Waals surface area contributed by atoms with Gasteiger partial charge in [0.25, 0.3) is 0 Å². The van der Waals surface area contributed by atoms with Crippen molar-refractivity contribution in [3.8, 4) is 5.75 Å². The molecule has 0 radical (unpaired) electrons. The van der Waals surface area contributed by atoms with Crippen molar-refractivity contribution in [1.82, 2.24) is 4.98 Å². The molecule has 4 heteroatoms. The predicted octanol–water partition coefficient (Wildman–Crippen LogP) is 2.23. The van der Waals surface area contributed by atoms with E-state index >= 15 is 0 Å². The average Bonchev–Trinajstić information content (AvgIpc) is 2.24. The number of nitrogens with zero attached hydrogens (tertiary/aromatic N) is 1. The van der Waals surface area contributed by atoms with Crippen LogP contribution in [0, 0.1) is 19.7 Å². The number of aliphatic hydroxyl groups excluding tert-OH is 1. The van der Waals surface area contributed by atoms with Crippen LogP contribution in [-0.4, -0.2) is 23.3 Å². The molecule has 3 nitrogen and oxygen atoms in total. The molecule has 1 aromatic rings. The average molecular weight is 215 g/mol. The van der Waals surface area contributed by atoms with E-state index in [1.165, 1.54) is 6.07 Å². The molecular weight excluding hydrogens is 197 g/mol. The van der Waals surface area contributed by atoms with E-state index in [-0.39, 0.29) is 13.2 Å². The summed E-state index contributed by atoms with van der Waals surface area (Å²) in [5.74, 6) is -0.00399. The minimum Gasteiger partial charge on any atom is -0.489 e. The fourth-order valence-electron chi connectivity index (χ4n) is 0.986. The SMILES string of the molecule is CC.Cc1nc(C)c(OCCO)cc1F. The van der Waals surface area contributed by atoms with Crippen LogP contribution in [-0.2, 0) is 0 Å². The molecule has 0 amide bonds. The third-order valence-electron chi connectivity index (χ3n) is 1.64. The fraction of sp³-hybridized carbons (Fsp3) is 0.545. The summed E-state index contributed by atoms with van der Waals surface area (Å²) in [5, 5.41) is 8.50. The Balaban J connectivity index is 0.000000921. The molecule has 0 atom stereocenters. The second kappa shape index (κ2) is 7.17. The lowest BCUT2D eigenvalue weighted by molar-refractivity contribution is 0.199. The van der Waals surface area contributed by atoms with Crippen molar-refractivity contribution in [2.75, 3.05) is 13.2 Å². The highest BCUT2D eigenvalue weighted by molar-refractivity contribution is 5.29. The first-order chi connectivity index (χ1) is 7.15. The van der Waals surface area contributed by atoms with E-state index in [2.05, 4.69) is 4.98 Å². The maximum atomic E-state index is 13.0. The van der Waals surface area contributed by atoms with Crippen LogP contribution < -0.4 is 4.74 Å². The highest BCUT2D eigenvalue weighted by Crippen LogP contribution is 2.18. The first kappa shape index (κ1) is 13.8. The quantitative estimate of drug-likeness (QED) is 0.840. The number of ether oxygens (including phenoxy) is 1. The molecule has 1 rings (SSSR count). The Morgan fingerprint density at radius 2 is 1.93 bits per heavy atom. The second-order valence-corrected chi connectivity index (χ2v) is 2.71. The number of rotatable bonds is 3. The fourth-order valence-corrected chi connectivity index (χ4v) is 0.986. The van der Waals surface area contributed by atoms with Crippen molar-refractivity contribution in [3.63, 3.8) is 0 Å². The number of hydrogen-bond acceptors (Lipinski definition) is 3. The molecule has 0 bridgehead atoms. The van der Waals surface area contributed by atoms with E-state index in [9.17, 15) is 4.39 Å². The lowest BCUT2D eigenvalue weighted by Gasteiger charge is -2.07. The second-order valence-electron chi connectivity index (χ2n) is 2.71. The Bertz CT molecular complexity index is 303. The molecule has 0 spiro atoms. The Kier molecular flexibility index (Phi) is 6.62. The summed E-state index contributed by atoms with van der Waals surface area (Å²) in [6, 6.07) is 1.29. The number of aryl methyl sites for hydroxylation is 2. The van der Waals surface area contributed by atoms with E-state index in [0.717, 1.165) is 0 Å². The van der Waals surface area contributed by atoms with E-state index in [1.807, 2.05) is 13.8 Å². The van der Waals surface area contributed by atoms with Crippen molar-refractivity contribution in [3.05, 3.63) is 23.3 Å². The van der Waals surface area contributed by atoms with Crippen LogP contribution in [0.25, 0.3) is 0 Å². The molecule has 0 aliphatic carbocycles. The molecular formula is C11H18FNO2. The molecule has 1 N–H and O–H groups in total. The molecule has 0 aliphatic heterocycles. The number of pyridine rings is 1. The number of aliphatic hydroxyl groups is 1. The molecule has 86 valence electrons. The highest BCUT2D eigenvalue weighted by Gasteiger charge is 2.05. The number of halogens is 1. The molecule has 0 unspecified atom stereocenters. The van der Waals surface area contributed by atoms with Crippen molar-refractivity contribution >= 4 is 0 Å². The minimum atomic E-state index is -0.390. The van der Waals surface area contributed by atoms with Gasteiger partial charge in [-0.2, -0.15) is 0 Å². The number of hydrogen-bond donors (Lipinski definition) is 1. The van der Waals surface area contributed by atoms with Crippen molar-refractivity contribution < 1.29 is 14.2 Å². The third kappa shape index (κ3) is 4.25. The lowest BCUT2D eigenvalue weighted by atomic mass is 10.3. The van der Waals surface area contributed by atoms with Gasteiger partial charge in [-0.25, -0.2) is 4.39 Å². The molecule has 0 fully saturated rings. The Morgan fingerprint density at radius 3 is 2.47 bits per heavy atom. The van der Waals surface area contributed by atoms with Crippen LogP contribution in [0.2, 0.25) is 0 Å². The first-order valence-electron chi connectivity index (χ1n) is 5.02. The Labute approximate surface area is 89.9 Å². The zero-order chi connectivity index (χ0) is 11.8. The van der Waals surface area contributed by atoms with E-state index in [1.54, 1.807) is 13.8 Å². The summed E-state index contributed by atoms with van der Waals surface area (Å²) in [6.07, 6.45) is 0. The van der Waals surface area contributed by atoms with E-state index in [0.29, 0.717) is 17.1 Å². The zero-order valence-electron chi connectivity index (χ0n) is 9.67. The molecule has 1 heterocycles. The zero-order valence-corrected chi connectivity index (χ0v) is 9.67. The monoisotopic (exact) mass is 215 g/mol. The van der Waals surface area contributed by atoms with Crippen LogP contribution in [0.4, 0.5) is 4.39 Å². The maximum Gasteiger partial charge on any atom is 0.148 e. The Hall–Kier alpha value is -1.16. The lowest BCUT2D eigenvalue weighted by Crippen LogP contribution is -2.05. The largest absolute Gasteiger partial charge is 0.489 e. The molecule has 0 saturated heterocycles. The van der Waals surface area contributed by atoms with E-state index < -0.39 is 5.82 Å². The molecule has 15 heavy (non-hydrogen) atoms. The predicted molar refractivity (Wildman–Crippen MR) is 57.6 cm³/mol. The van der Waals surface area contributed by atoms with Gasteiger partial charge in [0.15, 0.2) is 0 Å². The van der Waals surface area contributed by atoms with Crippen molar-refractivity contribution in [2.45, 2.75) is 27.7 Å². The topological polar surface area (TPSA) is 42.4 Å². The molecule has 0 saturated carbocycles. The molecule has 0 aliphatic rings. The molecule has 0 aromatic carbocycles. The third-order valence-corrected chi connectivity index (χ3v) is 1.64. The summed E-state index contributed by atoms with van der Waals surface area (Å²) in [4.78, 5) is 3.94. The summed E-state index contributed by atoms with van der Waals surface area (Å²) in [5.41, 5.74) is 0.987. The van der Waals surface area contributed by atoms with Crippen LogP contribution >= 0.6 is 0 Å². The number of aromatic nitrogens is 1. The van der Waals surface area contributed by atoms with Gasteiger partial charge in [0.2, 0.25) is 0 Å². The van der Waals surface area contributed by atoms with Gasteiger partial charge in [0, 0.05) is 6.07 Å². The van der Waals surface area contributed by atoms with Crippen LogP contribution in [0.3, 0.4) is 0 Å². The van der Waals surface area contributed by atoms with Gasteiger partial charge < -0.3 is 9.84 Å². The summed E-state index contributed by atoms with van der Waals surface area (Å²) in [7, 11) is 0. The van der Waals surface area contributed by atoms with Crippen LogP contribution in [0.15, 0.2) is 6.07 Å². The first-order valence-corrected chi connectivity index (χ1v) is 5.02. The summed E-state index contributed by atoms with van der Waals surface area (Å²) >= 11 is 0. The van der Waals surface area contributed by atoms with Gasteiger partial charge in [-0.3, -0.25) is 4.98 Å². The van der Waals surface area contributed by atoms with Crippen LogP contribution in [0.5, 0.6) is 5.75 Å². The molecule has 1 aromatic heterocycles. The van der Waals surface area contributed by atoms with Gasteiger partial charge >= 0.3 is 0 Å². The minimum absolute atomic E-state index is 0.0884. The Morgan fingerprint density at radius 1 is 1.33 bits per heavy atom. The normalized spacial score (nSPS) is 9.20. The van der Waals surface area contributed by atoms with Gasteiger partial charge in [0.05, 0.1) is 18.0 Å². The van der Waals surface area contributed by atoms with Gasteiger partial charge in [-0.05, 0) is 13.8 Å². The smallest absolute Gasteiger partial charge is 0.148 e.